The average Bonchev–Trinajstić information content (AvgIpc) is 2.62. The van der Waals surface area contributed by atoms with Gasteiger partial charge in [-0.05, 0) is 67.6 Å². The fraction of sp³-hybridized carbons (Fsp3) is 0.500. The maximum Gasteiger partial charge on any atom is 0.239 e. The van der Waals surface area contributed by atoms with Crippen molar-refractivity contribution in [3.05, 3.63) is 52.4 Å². The first-order chi connectivity index (χ1) is 11.6. The smallest absolute Gasteiger partial charge is 0.207 e. The average molecular weight is 343 g/mol. The van der Waals surface area contributed by atoms with Crippen LogP contribution in [0.2, 0.25) is 0 Å². The normalized spacial score (nSPS) is 27.8. The van der Waals surface area contributed by atoms with E-state index < -0.39 is 10.0 Å². The van der Waals surface area contributed by atoms with Crippen molar-refractivity contribution in [3.8, 4) is 0 Å². The molecule has 1 unspecified atom stereocenters. The van der Waals surface area contributed by atoms with Crippen molar-refractivity contribution in [1.29, 1.82) is 0 Å². The lowest BCUT2D eigenvalue weighted by Crippen LogP contribution is -2.46. The van der Waals surface area contributed by atoms with Gasteiger partial charge < -0.3 is 0 Å². The molecule has 1 aromatic carbocycles. The predicted molar refractivity (Wildman–Crippen MR) is 97.9 cm³/mol. The van der Waals surface area contributed by atoms with Crippen molar-refractivity contribution in [1.82, 2.24) is 4.31 Å². The van der Waals surface area contributed by atoms with Crippen LogP contribution in [0.5, 0.6) is 0 Å². The van der Waals surface area contributed by atoms with E-state index in [2.05, 4.69) is 18.2 Å². The summed E-state index contributed by atoms with van der Waals surface area (Å²) in [6.07, 6.45) is 13.2. The number of piperidine rings is 1. The lowest BCUT2D eigenvalue weighted by atomic mass is 9.72. The molecule has 1 heterocycles. The van der Waals surface area contributed by atoms with Crippen LogP contribution >= 0.6 is 0 Å². The predicted octanol–water partition coefficient (Wildman–Crippen LogP) is 4.13. The molecule has 0 amide bonds. The zero-order valence-electron chi connectivity index (χ0n) is 14.1. The molecule has 3 nitrogen and oxygen atoms in total. The van der Waals surface area contributed by atoms with Gasteiger partial charge in [0.2, 0.25) is 10.0 Å². The summed E-state index contributed by atoms with van der Waals surface area (Å²) in [6, 6.07) is 8.12. The van der Waals surface area contributed by atoms with Crippen molar-refractivity contribution in [2.45, 2.75) is 44.9 Å². The third-order valence-electron chi connectivity index (χ3n) is 5.87. The van der Waals surface area contributed by atoms with Crippen LogP contribution in [0.15, 0.2) is 41.3 Å². The van der Waals surface area contributed by atoms with E-state index in [1.54, 1.807) is 4.31 Å². The first kappa shape index (κ1) is 16.1. The monoisotopic (exact) mass is 343 g/mol. The molecular formula is C20H25NO2S. The number of fused-ring (bicyclic) bond motifs is 1. The number of aryl methyl sites for hydroxylation is 1. The van der Waals surface area contributed by atoms with E-state index in [9.17, 15) is 8.42 Å². The van der Waals surface area contributed by atoms with Gasteiger partial charge in [0.05, 0.1) is 4.91 Å². The molecule has 1 spiro atoms. The molecule has 1 fully saturated rings. The summed E-state index contributed by atoms with van der Waals surface area (Å²) in [4.78, 5) is 0.601. The topological polar surface area (TPSA) is 37.4 Å². The van der Waals surface area contributed by atoms with Crippen LogP contribution < -0.4 is 0 Å². The second-order valence-electron chi connectivity index (χ2n) is 7.47. The van der Waals surface area contributed by atoms with Crippen molar-refractivity contribution >= 4 is 16.1 Å². The Labute approximate surface area is 145 Å². The molecule has 4 rings (SSSR count). The largest absolute Gasteiger partial charge is 0.239 e. The van der Waals surface area contributed by atoms with Crippen LogP contribution in [0, 0.1) is 5.41 Å². The van der Waals surface area contributed by atoms with Crippen LogP contribution in [0.25, 0.3) is 6.08 Å². The Morgan fingerprint density at radius 2 is 1.92 bits per heavy atom. The Kier molecular flexibility index (Phi) is 4.13. The molecule has 24 heavy (non-hydrogen) atoms. The first-order valence-electron chi connectivity index (χ1n) is 9.03. The van der Waals surface area contributed by atoms with Gasteiger partial charge in [0.25, 0.3) is 0 Å². The van der Waals surface area contributed by atoms with Crippen molar-refractivity contribution < 1.29 is 8.42 Å². The standard InChI is InChI=1S/C20H25NO2S/c22-24(23,19-10-9-17-7-2-3-8-18(17)15-19)21-14-6-13-20(16-21)11-4-1-5-12-20/h1-4,7-8,15H,5-6,9-14,16H2. The van der Waals surface area contributed by atoms with Gasteiger partial charge in [0, 0.05) is 13.1 Å². The highest BCUT2D eigenvalue weighted by Crippen LogP contribution is 2.42. The van der Waals surface area contributed by atoms with Gasteiger partial charge in [0.1, 0.15) is 0 Å². The molecular weight excluding hydrogens is 318 g/mol. The molecule has 1 saturated heterocycles. The summed E-state index contributed by atoms with van der Waals surface area (Å²) < 4.78 is 28.2. The first-order valence-corrected chi connectivity index (χ1v) is 10.5. The van der Waals surface area contributed by atoms with Gasteiger partial charge in [-0.1, -0.05) is 36.4 Å². The minimum absolute atomic E-state index is 0.174. The van der Waals surface area contributed by atoms with Gasteiger partial charge in [-0.2, -0.15) is 4.31 Å². The third kappa shape index (κ3) is 2.86. The maximum atomic E-state index is 13.2. The van der Waals surface area contributed by atoms with E-state index in [1.807, 2.05) is 24.3 Å². The molecule has 2 aliphatic carbocycles. The highest BCUT2D eigenvalue weighted by molar-refractivity contribution is 7.93. The number of nitrogens with zero attached hydrogens (tertiary/aromatic N) is 1. The number of hydrogen-bond donors (Lipinski definition) is 0. The molecule has 0 radical (unpaired) electrons. The van der Waals surface area contributed by atoms with Crippen LogP contribution in [0.1, 0.15) is 49.7 Å². The molecule has 1 aromatic rings. The second kappa shape index (κ2) is 6.16. The second-order valence-corrected chi connectivity index (χ2v) is 9.46. The number of hydrogen-bond acceptors (Lipinski definition) is 2. The molecule has 0 saturated carbocycles. The Bertz CT molecular complexity index is 794. The number of sulfonamides is 1. The van der Waals surface area contributed by atoms with E-state index in [-0.39, 0.29) is 5.41 Å². The van der Waals surface area contributed by atoms with Crippen molar-refractivity contribution in [2.75, 3.05) is 13.1 Å². The number of benzene rings is 1. The molecule has 1 aliphatic heterocycles. The molecule has 128 valence electrons. The van der Waals surface area contributed by atoms with Crippen LogP contribution in [0.3, 0.4) is 0 Å². The van der Waals surface area contributed by atoms with Crippen LogP contribution in [-0.4, -0.2) is 25.8 Å². The Balaban J connectivity index is 1.61. The highest BCUT2D eigenvalue weighted by Gasteiger charge is 2.40. The van der Waals surface area contributed by atoms with Crippen molar-refractivity contribution in [3.63, 3.8) is 0 Å². The third-order valence-corrected chi connectivity index (χ3v) is 7.84. The summed E-state index contributed by atoms with van der Waals surface area (Å²) in [5, 5.41) is 0. The van der Waals surface area contributed by atoms with E-state index in [1.165, 1.54) is 5.56 Å². The summed E-state index contributed by atoms with van der Waals surface area (Å²) >= 11 is 0. The minimum atomic E-state index is -3.33. The zero-order chi connectivity index (χ0) is 16.6. The quantitative estimate of drug-likeness (QED) is 0.757. The Morgan fingerprint density at radius 3 is 2.75 bits per heavy atom. The summed E-state index contributed by atoms with van der Waals surface area (Å²) in [5.41, 5.74) is 2.49. The van der Waals surface area contributed by atoms with Gasteiger partial charge in [-0.3, -0.25) is 0 Å². The SMILES string of the molecule is O=S(=O)(C1=Cc2ccccc2CC1)N1CCCC2(CC=CCC2)C1. The number of rotatable bonds is 2. The highest BCUT2D eigenvalue weighted by atomic mass is 32.2. The fourth-order valence-corrected chi connectivity index (χ4v) is 6.24. The zero-order valence-corrected chi connectivity index (χ0v) is 14.9. The van der Waals surface area contributed by atoms with Gasteiger partial charge in [0.15, 0.2) is 0 Å². The lowest BCUT2D eigenvalue weighted by Gasteiger charge is -2.43. The van der Waals surface area contributed by atoms with E-state index >= 15 is 0 Å². The summed E-state index contributed by atoms with van der Waals surface area (Å²) in [6.45, 7) is 1.37. The molecule has 1 atom stereocenters. The number of allylic oxidation sites excluding steroid dienone is 3. The molecule has 0 N–H and O–H groups in total. The summed E-state index contributed by atoms with van der Waals surface area (Å²) in [7, 11) is -3.33. The lowest BCUT2D eigenvalue weighted by molar-refractivity contribution is 0.133. The fourth-order valence-electron chi connectivity index (χ4n) is 4.46. The minimum Gasteiger partial charge on any atom is -0.207 e. The van der Waals surface area contributed by atoms with Crippen LogP contribution in [-0.2, 0) is 16.4 Å². The van der Waals surface area contributed by atoms with E-state index in [0.717, 1.165) is 44.1 Å². The van der Waals surface area contributed by atoms with Crippen LogP contribution in [0.4, 0.5) is 0 Å². The molecule has 4 heteroatoms. The maximum absolute atomic E-state index is 13.2. The van der Waals surface area contributed by atoms with Crippen molar-refractivity contribution in [2.24, 2.45) is 5.41 Å². The molecule has 3 aliphatic rings. The molecule has 0 aromatic heterocycles. The molecule has 0 bridgehead atoms. The summed E-state index contributed by atoms with van der Waals surface area (Å²) in [5.74, 6) is 0. The van der Waals surface area contributed by atoms with E-state index in [4.69, 9.17) is 0 Å². The van der Waals surface area contributed by atoms with Gasteiger partial charge in [-0.25, -0.2) is 8.42 Å². The Morgan fingerprint density at radius 1 is 1.04 bits per heavy atom. The van der Waals surface area contributed by atoms with Gasteiger partial charge in [-0.15, -0.1) is 0 Å². The van der Waals surface area contributed by atoms with Gasteiger partial charge >= 0.3 is 0 Å². The Hall–Kier alpha value is -1.39. The van der Waals surface area contributed by atoms with E-state index in [0.29, 0.717) is 24.4 Å².